The fourth-order valence-corrected chi connectivity index (χ4v) is 2.55. The zero-order chi connectivity index (χ0) is 15.4. The molecule has 1 aliphatic rings. The Hall–Kier alpha value is -2.27. The minimum Gasteiger partial charge on any atom is -0.368 e. The second-order valence-electron chi connectivity index (χ2n) is 5.26. The number of benzene rings is 1. The summed E-state index contributed by atoms with van der Waals surface area (Å²) < 4.78 is 18.9. The van der Waals surface area contributed by atoms with Gasteiger partial charge in [0.2, 0.25) is 5.91 Å². The van der Waals surface area contributed by atoms with Gasteiger partial charge in [0, 0.05) is 12.7 Å². The van der Waals surface area contributed by atoms with Gasteiger partial charge in [0.15, 0.2) is 0 Å². The number of amides is 1. The molecule has 0 radical (unpaired) electrons. The third kappa shape index (κ3) is 3.49. The van der Waals surface area contributed by atoms with Crippen LogP contribution in [0.5, 0.6) is 0 Å². The van der Waals surface area contributed by atoms with Crippen molar-refractivity contribution < 1.29 is 13.9 Å². The van der Waals surface area contributed by atoms with E-state index >= 15 is 0 Å². The molecule has 4 nitrogen and oxygen atoms in total. The van der Waals surface area contributed by atoms with Crippen LogP contribution in [0.1, 0.15) is 17.4 Å². The van der Waals surface area contributed by atoms with Crippen LogP contribution in [0.3, 0.4) is 0 Å². The summed E-state index contributed by atoms with van der Waals surface area (Å²) in [5.74, 6) is -0.339. The van der Waals surface area contributed by atoms with E-state index in [-0.39, 0.29) is 24.2 Å². The summed E-state index contributed by atoms with van der Waals surface area (Å²) in [6.07, 6.45) is 1.71. The van der Waals surface area contributed by atoms with E-state index in [2.05, 4.69) is 4.98 Å². The van der Waals surface area contributed by atoms with Crippen LogP contribution in [0.25, 0.3) is 0 Å². The molecule has 1 atom stereocenters. The Labute approximate surface area is 128 Å². The highest BCUT2D eigenvalue weighted by molar-refractivity contribution is 5.78. The number of carbonyl (C=O) groups is 1. The number of hydrogen-bond donors (Lipinski definition) is 0. The van der Waals surface area contributed by atoms with E-state index in [1.165, 1.54) is 12.1 Å². The standard InChI is InChI=1S/C17H17FN2O2/c18-14-5-3-4-13(10-14)11-17(21)20-8-9-22-16(12-20)15-6-1-2-7-19-15/h1-7,10,16H,8-9,11-12H2/t16-/m0/s1. The van der Waals surface area contributed by atoms with Crippen molar-refractivity contribution in [2.24, 2.45) is 0 Å². The van der Waals surface area contributed by atoms with Gasteiger partial charge in [-0.25, -0.2) is 4.39 Å². The highest BCUT2D eigenvalue weighted by Gasteiger charge is 2.26. The molecule has 0 N–H and O–H groups in total. The normalized spacial score (nSPS) is 18.2. The second kappa shape index (κ2) is 6.66. The van der Waals surface area contributed by atoms with Gasteiger partial charge in [0.05, 0.1) is 25.3 Å². The Morgan fingerprint density at radius 3 is 3.00 bits per heavy atom. The average Bonchev–Trinajstić information content (AvgIpc) is 2.56. The minimum atomic E-state index is -0.321. The minimum absolute atomic E-state index is 0.0187. The molecule has 1 fully saturated rings. The van der Waals surface area contributed by atoms with E-state index < -0.39 is 0 Å². The third-order valence-electron chi connectivity index (χ3n) is 3.68. The number of nitrogens with zero attached hydrogens (tertiary/aromatic N) is 2. The maximum Gasteiger partial charge on any atom is 0.227 e. The Morgan fingerprint density at radius 2 is 2.23 bits per heavy atom. The number of rotatable bonds is 3. The molecule has 0 unspecified atom stereocenters. The molecule has 1 amide bonds. The Kier molecular flexibility index (Phi) is 4.44. The molecule has 0 aliphatic carbocycles. The molecule has 0 bridgehead atoms. The first-order valence-electron chi connectivity index (χ1n) is 7.27. The van der Waals surface area contributed by atoms with E-state index in [9.17, 15) is 9.18 Å². The Morgan fingerprint density at radius 1 is 1.32 bits per heavy atom. The van der Waals surface area contributed by atoms with E-state index in [1.807, 2.05) is 18.2 Å². The Balaban J connectivity index is 1.65. The molecule has 114 valence electrons. The lowest BCUT2D eigenvalue weighted by atomic mass is 10.1. The van der Waals surface area contributed by atoms with E-state index in [4.69, 9.17) is 4.74 Å². The first kappa shape index (κ1) is 14.7. The zero-order valence-corrected chi connectivity index (χ0v) is 12.1. The fourth-order valence-electron chi connectivity index (χ4n) is 2.55. The fraction of sp³-hybridized carbons (Fsp3) is 0.294. The predicted octanol–water partition coefficient (Wildman–Crippen LogP) is 2.36. The summed E-state index contributed by atoms with van der Waals surface area (Å²) >= 11 is 0. The van der Waals surface area contributed by atoms with E-state index in [0.29, 0.717) is 25.3 Å². The molecule has 22 heavy (non-hydrogen) atoms. The molecule has 2 heterocycles. The molecule has 3 rings (SSSR count). The lowest BCUT2D eigenvalue weighted by Gasteiger charge is -2.32. The molecule has 0 saturated carbocycles. The smallest absolute Gasteiger partial charge is 0.227 e. The Bertz CT molecular complexity index is 648. The van der Waals surface area contributed by atoms with Gasteiger partial charge in [-0.3, -0.25) is 9.78 Å². The molecule has 5 heteroatoms. The van der Waals surface area contributed by atoms with Crippen LogP contribution < -0.4 is 0 Å². The van der Waals surface area contributed by atoms with Gasteiger partial charge in [0.25, 0.3) is 0 Å². The summed E-state index contributed by atoms with van der Waals surface area (Å²) in [6.45, 7) is 1.51. The number of carbonyl (C=O) groups excluding carboxylic acids is 1. The van der Waals surface area contributed by atoms with Crippen molar-refractivity contribution in [1.82, 2.24) is 9.88 Å². The van der Waals surface area contributed by atoms with Crippen molar-refractivity contribution in [3.8, 4) is 0 Å². The SMILES string of the molecule is O=C(Cc1cccc(F)c1)N1CCO[C@H](c2ccccn2)C1. The molecule has 2 aromatic rings. The molecule has 0 spiro atoms. The van der Waals surface area contributed by atoms with Crippen LogP contribution >= 0.6 is 0 Å². The monoisotopic (exact) mass is 300 g/mol. The van der Waals surface area contributed by atoms with Crippen LogP contribution in [0, 0.1) is 5.82 Å². The second-order valence-corrected chi connectivity index (χ2v) is 5.26. The molecule has 1 aromatic heterocycles. The van der Waals surface area contributed by atoms with Gasteiger partial charge < -0.3 is 9.64 Å². The van der Waals surface area contributed by atoms with Crippen LogP contribution in [0.15, 0.2) is 48.7 Å². The first-order valence-corrected chi connectivity index (χ1v) is 7.27. The quantitative estimate of drug-likeness (QED) is 0.874. The van der Waals surface area contributed by atoms with Crippen molar-refractivity contribution >= 4 is 5.91 Å². The lowest BCUT2D eigenvalue weighted by Crippen LogP contribution is -2.43. The summed E-state index contributed by atoms with van der Waals surface area (Å²) in [4.78, 5) is 18.4. The summed E-state index contributed by atoms with van der Waals surface area (Å²) in [7, 11) is 0. The molecule has 1 aliphatic heterocycles. The highest BCUT2D eigenvalue weighted by atomic mass is 19.1. The van der Waals surface area contributed by atoms with Gasteiger partial charge in [0.1, 0.15) is 11.9 Å². The summed E-state index contributed by atoms with van der Waals surface area (Å²) in [5, 5.41) is 0. The van der Waals surface area contributed by atoms with Crippen LogP contribution in [0.4, 0.5) is 4.39 Å². The van der Waals surface area contributed by atoms with Crippen molar-refractivity contribution in [2.75, 3.05) is 19.7 Å². The van der Waals surface area contributed by atoms with Crippen LogP contribution in [-0.2, 0) is 16.0 Å². The van der Waals surface area contributed by atoms with Gasteiger partial charge in [-0.2, -0.15) is 0 Å². The number of morpholine rings is 1. The topological polar surface area (TPSA) is 42.4 Å². The van der Waals surface area contributed by atoms with Gasteiger partial charge in [-0.1, -0.05) is 18.2 Å². The number of halogens is 1. The summed E-state index contributed by atoms with van der Waals surface area (Å²) in [5.41, 5.74) is 1.51. The molecule has 1 saturated heterocycles. The maximum absolute atomic E-state index is 13.2. The summed E-state index contributed by atoms with van der Waals surface area (Å²) in [6, 6.07) is 11.8. The van der Waals surface area contributed by atoms with Gasteiger partial charge >= 0.3 is 0 Å². The van der Waals surface area contributed by atoms with Crippen LogP contribution in [0.2, 0.25) is 0 Å². The van der Waals surface area contributed by atoms with E-state index in [0.717, 1.165) is 5.69 Å². The highest BCUT2D eigenvalue weighted by Crippen LogP contribution is 2.20. The number of pyridine rings is 1. The zero-order valence-electron chi connectivity index (χ0n) is 12.1. The third-order valence-corrected chi connectivity index (χ3v) is 3.68. The van der Waals surface area contributed by atoms with Gasteiger partial charge in [-0.15, -0.1) is 0 Å². The maximum atomic E-state index is 13.2. The van der Waals surface area contributed by atoms with Gasteiger partial charge in [-0.05, 0) is 29.8 Å². The molecular weight excluding hydrogens is 283 g/mol. The van der Waals surface area contributed by atoms with Crippen molar-refractivity contribution in [1.29, 1.82) is 0 Å². The van der Waals surface area contributed by atoms with Crippen LogP contribution in [-0.4, -0.2) is 35.5 Å². The number of hydrogen-bond acceptors (Lipinski definition) is 3. The van der Waals surface area contributed by atoms with Crippen molar-refractivity contribution in [3.05, 3.63) is 65.7 Å². The van der Waals surface area contributed by atoms with E-state index in [1.54, 1.807) is 23.2 Å². The lowest BCUT2D eigenvalue weighted by molar-refractivity contribution is -0.138. The largest absolute Gasteiger partial charge is 0.368 e. The average molecular weight is 300 g/mol. The first-order chi connectivity index (χ1) is 10.7. The molecular formula is C17H17FN2O2. The van der Waals surface area contributed by atoms with Crippen molar-refractivity contribution in [3.63, 3.8) is 0 Å². The number of aromatic nitrogens is 1. The molecule has 1 aromatic carbocycles. The number of ether oxygens (including phenoxy) is 1. The predicted molar refractivity (Wildman–Crippen MR) is 79.6 cm³/mol. The van der Waals surface area contributed by atoms with Crippen molar-refractivity contribution in [2.45, 2.75) is 12.5 Å².